The SMILES string of the molecule is CC[C@H](C)[C@H](NC(=O)[C@H](N)CO)C(=O)NCC(=O)N[C@H](CO)C(=O)N[C@H](CC(C)C)C(=O)N[C@H](C)C(=O)N[C@H](CCCCN)C(=O)O. The van der Waals surface area contributed by atoms with Gasteiger partial charge in [0, 0.05) is 0 Å². The monoisotopic (exact) mass is 674 g/mol. The minimum absolute atomic E-state index is 0.114. The largest absolute Gasteiger partial charge is 0.480 e. The number of hydrogen-bond acceptors (Lipinski definition) is 11. The van der Waals surface area contributed by atoms with Crippen LogP contribution in [0.3, 0.4) is 0 Å². The number of aliphatic carboxylic acids is 1. The van der Waals surface area contributed by atoms with Crippen molar-refractivity contribution in [3.63, 3.8) is 0 Å². The molecule has 0 aliphatic carbocycles. The fraction of sp³-hybridized carbons (Fsp3) is 0.759. The summed E-state index contributed by atoms with van der Waals surface area (Å²) in [5, 5.41) is 42.6. The summed E-state index contributed by atoms with van der Waals surface area (Å²) in [6.07, 6.45) is 1.80. The van der Waals surface area contributed by atoms with Gasteiger partial charge in [0.25, 0.3) is 0 Å². The number of nitrogens with two attached hydrogens (primary N) is 2. The van der Waals surface area contributed by atoms with Gasteiger partial charge in [0.15, 0.2) is 0 Å². The lowest BCUT2D eigenvalue weighted by molar-refractivity contribution is -0.142. The lowest BCUT2D eigenvalue weighted by atomic mass is 9.98. The van der Waals surface area contributed by atoms with Gasteiger partial charge in [-0.1, -0.05) is 34.1 Å². The maximum atomic E-state index is 13.1. The summed E-state index contributed by atoms with van der Waals surface area (Å²) in [7, 11) is 0. The molecule has 0 heterocycles. The average molecular weight is 675 g/mol. The molecule has 0 radical (unpaired) electrons. The second-order valence-electron chi connectivity index (χ2n) is 11.8. The first kappa shape index (κ1) is 43.1. The minimum atomic E-state index is -1.51. The van der Waals surface area contributed by atoms with E-state index in [4.69, 9.17) is 16.6 Å². The molecule has 0 spiro atoms. The summed E-state index contributed by atoms with van der Waals surface area (Å²) in [4.78, 5) is 87.6. The van der Waals surface area contributed by atoms with Crippen molar-refractivity contribution >= 4 is 41.4 Å². The highest BCUT2D eigenvalue weighted by Crippen LogP contribution is 2.09. The van der Waals surface area contributed by atoms with E-state index in [0.29, 0.717) is 25.8 Å². The van der Waals surface area contributed by atoms with Crippen molar-refractivity contribution in [1.29, 1.82) is 0 Å². The van der Waals surface area contributed by atoms with Crippen LogP contribution in [0.15, 0.2) is 0 Å². The van der Waals surface area contributed by atoms with Crippen molar-refractivity contribution < 1.29 is 48.9 Å². The Kier molecular flexibility index (Phi) is 20.8. The fourth-order valence-corrected chi connectivity index (χ4v) is 4.16. The van der Waals surface area contributed by atoms with Crippen molar-refractivity contribution in [1.82, 2.24) is 31.9 Å². The Hall–Kier alpha value is -3.87. The Morgan fingerprint density at radius 3 is 1.81 bits per heavy atom. The lowest BCUT2D eigenvalue weighted by Gasteiger charge is -2.26. The van der Waals surface area contributed by atoms with E-state index in [9.17, 15) is 43.8 Å². The predicted octanol–water partition coefficient (Wildman–Crippen LogP) is -3.84. The van der Waals surface area contributed by atoms with E-state index in [-0.39, 0.29) is 24.7 Å². The first-order valence-corrected chi connectivity index (χ1v) is 15.7. The molecule has 6 amide bonds. The van der Waals surface area contributed by atoms with Crippen LogP contribution in [0.4, 0.5) is 0 Å². The summed E-state index contributed by atoms with van der Waals surface area (Å²) in [5.74, 6) is -6.45. The summed E-state index contributed by atoms with van der Waals surface area (Å²) < 4.78 is 0. The lowest BCUT2D eigenvalue weighted by Crippen LogP contribution is -2.59. The van der Waals surface area contributed by atoms with Gasteiger partial charge in [-0.2, -0.15) is 0 Å². The molecular formula is C29H54N8O10. The number of hydrogen-bond donors (Lipinski definition) is 11. The third-order valence-corrected chi connectivity index (χ3v) is 7.24. The Labute approximate surface area is 274 Å². The molecule has 47 heavy (non-hydrogen) atoms. The molecule has 0 fully saturated rings. The number of aliphatic hydroxyl groups excluding tert-OH is 2. The van der Waals surface area contributed by atoms with Gasteiger partial charge in [-0.15, -0.1) is 0 Å². The molecule has 13 N–H and O–H groups in total. The molecule has 18 nitrogen and oxygen atoms in total. The van der Waals surface area contributed by atoms with Crippen LogP contribution in [-0.2, 0) is 33.6 Å². The highest BCUT2D eigenvalue weighted by Gasteiger charge is 2.31. The minimum Gasteiger partial charge on any atom is -0.480 e. The van der Waals surface area contributed by atoms with Crippen LogP contribution in [-0.4, -0.2) is 119 Å². The highest BCUT2D eigenvalue weighted by atomic mass is 16.4. The van der Waals surface area contributed by atoms with Gasteiger partial charge in [0.2, 0.25) is 35.4 Å². The van der Waals surface area contributed by atoms with Crippen LogP contribution in [0.5, 0.6) is 0 Å². The molecule has 0 rings (SSSR count). The quantitative estimate of drug-likeness (QED) is 0.0465. The Bertz CT molecular complexity index is 1060. The Balaban J connectivity index is 5.36. The van der Waals surface area contributed by atoms with E-state index in [1.54, 1.807) is 27.7 Å². The molecule has 0 unspecified atom stereocenters. The van der Waals surface area contributed by atoms with Gasteiger partial charge in [-0.05, 0) is 51.0 Å². The number of carbonyl (C=O) groups is 7. The number of amides is 6. The van der Waals surface area contributed by atoms with Gasteiger partial charge in [-0.25, -0.2) is 4.79 Å². The van der Waals surface area contributed by atoms with Crippen molar-refractivity contribution in [2.75, 3.05) is 26.3 Å². The van der Waals surface area contributed by atoms with Crippen LogP contribution < -0.4 is 43.4 Å². The summed E-state index contributed by atoms with van der Waals surface area (Å²) in [6.45, 7) is 6.64. The number of aliphatic hydroxyl groups is 2. The van der Waals surface area contributed by atoms with E-state index in [2.05, 4.69) is 31.9 Å². The van der Waals surface area contributed by atoms with Crippen LogP contribution in [0.1, 0.15) is 66.7 Å². The van der Waals surface area contributed by atoms with Crippen molar-refractivity contribution in [2.45, 2.75) is 103 Å². The number of nitrogens with one attached hydrogen (secondary N) is 6. The van der Waals surface area contributed by atoms with E-state index in [1.807, 2.05) is 0 Å². The Morgan fingerprint density at radius 1 is 0.702 bits per heavy atom. The maximum absolute atomic E-state index is 13.1. The standard InChI is InChI=1S/C29H54N8O10/c1-6-16(4)23(37-25(42)18(31)13-38)28(45)32-12-22(40)34-21(14-39)27(44)36-20(11-15(2)3)26(43)33-17(5)24(41)35-19(29(46)47)9-7-8-10-30/h15-21,23,38-39H,6-14,30-31H2,1-5H3,(H,32,45)(H,33,43)(H,34,40)(H,35,41)(H,36,44)(H,37,42)(H,46,47)/t16-,17+,18+,19+,20+,21+,23-/m0/s1. The van der Waals surface area contributed by atoms with Crippen LogP contribution >= 0.6 is 0 Å². The second kappa shape index (κ2) is 22.6. The van der Waals surface area contributed by atoms with Gasteiger partial charge in [0.05, 0.1) is 19.8 Å². The maximum Gasteiger partial charge on any atom is 0.326 e. The van der Waals surface area contributed by atoms with Crippen molar-refractivity contribution in [2.24, 2.45) is 23.3 Å². The number of carbonyl (C=O) groups excluding carboxylic acids is 6. The molecular weight excluding hydrogens is 620 g/mol. The van der Waals surface area contributed by atoms with E-state index >= 15 is 0 Å². The van der Waals surface area contributed by atoms with E-state index in [1.165, 1.54) is 6.92 Å². The molecule has 270 valence electrons. The molecule has 18 heteroatoms. The van der Waals surface area contributed by atoms with E-state index in [0.717, 1.165) is 0 Å². The highest BCUT2D eigenvalue weighted by molar-refractivity contribution is 5.96. The zero-order chi connectivity index (χ0) is 36.3. The zero-order valence-electron chi connectivity index (χ0n) is 27.8. The number of rotatable bonds is 23. The third-order valence-electron chi connectivity index (χ3n) is 7.24. The summed E-state index contributed by atoms with van der Waals surface area (Å²) >= 11 is 0. The van der Waals surface area contributed by atoms with E-state index < -0.39 is 97.4 Å². The smallest absolute Gasteiger partial charge is 0.326 e. The molecule has 0 saturated carbocycles. The topological polar surface area (TPSA) is 304 Å². The Morgan fingerprint density at radius 2 is 1.30 bits per heavy atom. The molecule has 0 aromatic rings. The number of unbranched alkanes of at least 4 members (excludes halogenated alkanes) is 1. The van der Waals surface area contributed by atoms with Crippen molar-refractivity contribution in [3.8, 4) is 0 Å². The second-order valence-corrected chi connectivity index (χ2v) is 11.8. The third kappa shape index (κ3) is 16.5. The molecule has 0 saturated heterocycles. The molecule has 7 atom stereocenters. The van der Waals surface area contributed by atoms with Crippen molar-refractivity contribution in [3.05, 3.63) is 0 Å². The normalized spacial score (nSPS) is 15.5. The zero-order valence-corrected chi connectivity index (χ0v) is 27.8. The first-order chi connectivity index (χ1) is 22.0. The van der Waals surface area contributed by atoms with Gasteiger partial charge in [-0.3, -0.25) is 28.8 Å². The molecule has 0 aliphatic heterocycles. The van der Waals surface area contributed by atoms with Gasteiger partial charge < -0.3 is 58.7 Å². The molecule has 0 aromatic heterocycles. The number of carboxylic acid groups (broad SMARTS) is 1. The predicted molar refractivity (Wildman–Crippen MR) is 170 cm³/mol. The van der Waals surface area contributed by atoms with Crippen LogP contribution in [0.25, 0.3) is 0 Å². The summed E-state index contributed by atoms with van der Waals surface area (Å²) in [6, 6.07) is -7.35. The summed E-state index contributed by atoms with van der Waals surface area (Å²) in [5.41, 5.74) is 10.9. The fourth-order valence-electron chi connectivity index (χ4n) is 4.16. The van der Waals surface area contributed by atoms with Gasteiger partial charge >= 0.3 is 5.97 Å². The first-order valence-electron chi connectivity index (χ1n) is 15.7. The number of carboxylic acids is 1. The van der Waals surface area contributed by atoms with Gasteiger partial charge in [0.1, 0.15) is 36.3 Å². The van der Waals surface area contributed by atoms with Crippen LogP contribution in [0.2, 0.25) is 0 Å². The molecule has 0 aliphatic rings. The average Bonchev–Trinajstić information content (AvgIpc) is 3.02. The molecule has 0 aromatic carbocycles. The molecule has 0 bridgehead atoms. The van der Waals surface area contributed by atoms with Crippen LogP contribution in [0, 0.1) is 11.8 Å².